The molecule has 0 aliphatic rings. The minimum Gasteiger partial charge on any atom is -0.456 e. The minimum absolute atomic E-state index is 0.877. The average molecular weight is 612 g/mol. The lowest BCUT2D eigenvalue weighted by Crippen LogP contribution is -2.11. The van der Waals surface area contributed by atoms with Crippen molar-refractivity contribution in [2.45, 2.75) is 0 Å². The second-order valence-electron chi connectivity index (χ2n) is 12.5. The third kappa shape index (κ3) is 4.13. The predicted octanol–water partition coefficient (Wildman–Crippen LogP) is 13.3. The van der Waals surface area contributed by atoms with Gasteiger partial charge in [-0.25, -0.2) is 0 Å². The summed E-state index contributed by atoms with van der Waals surface area (Å²) in [5.41, 5.74) is 7.42. The summed E-state index contributed by atoms with van der Waals surface area (Å²) in [6.45, 7) is 0. The van der Waals surface area contributed by atoms with Crippen molar-refractivity contribution >= 4 is 82.1 Å². The van der Waals surface area contributed by atoms with Crippen molar-refractivity contribution in [2.75, 3.05) is 4.90 Å². The van der Waals surface area contributed by atoms with Gasteiger partial charge in [0.1, 0.15) is 11.2 Å². The number of benzene rings is 9. The maximum atomic E-state index is 6.41. The zero-order valence-electron chi connectivity index (χ0n) is 26.1. The van der Waals surface area contributed by atoms with Crippen LogP contribution in [0, 0.1) is 0 Å². The van der Waals surface area contributed by atoms with Crippen LogP contribution < -0.4 is 4.90 Å². The van der Waals surface area contributed by atoms with Gasteiger partial charge in [0.25, 0.3) is 0 Å². The number of rotatable bonds is 4. The van der Waals surface area contributed by atoms with E-state index in [1.807, 2.05) is 6.07 Å². The number of furan rings is 1. The van der Waals surface area contributed by atoms with Gasteiger partial charge in [-0.15, -0.1) is 0 Å². The quantitative estimate of drug-likeness (QED) is 0.184. The molecular weight excluding hydrogens is 583 g/mol. The number of hydrogen-bond acceptors (Lipinski definition) is 2. The van der Waals surface area contributed by atoms with Gasteiger partial charge in [-0.1, -0.05) is 133 Å². The second-order valence-corrected chi connectivity index (χ2v) is 12.5. The normalized spacial score (nSPS) is 11.8. The van der Waals surface area contributed by atoms with E-state index in [2.05, 4.69) is 175 Å². The Hall–Kier alpha value is -6.38. The van der Waals surface area contributed by atoms with E-state index in [9.17, 15) is 0 Å². The molecule has 0 saturated carbocycles. The summed E-state index contributed by atoms with van der Waals surface area (Å²) in [6.07, 6.45) is 0. The van der Waals surface area contributed by atoms with Crippen molar-refractivity contribution in [3.05, 3.63) is 176 Å². The van der Waals surface area contributed by atoms with E-state index >= 15 is 0 Å². The van der Waals surface area contributed by atoms with Gasteiger partial charge >= 0.3 is 0 Å². The number of para-hydroxylation sites is 1. The first kappa shape index (κ1) is 26.8. The van der Waals surface area contributed by atoms with Gasteiger partial charge in [-0.2, -0.15) is 0 Å². The number of fused-ring (bicyclic) bond motifs is 9. The molecule has 1 aromatic heterocycles. The third-order valence-electron chi connectivity index (χ3n) is 9.79. The Balaban J connectivity index is 1.24. The van der Waals surface area contributed by atoms with Crippen LogP contribution in [0.25, 0.3) is 76.2 Å². The lowest BCUT2D eigenvalue weighted by Gasteiger charge is -2.28. The van der Waals surface area contributed by atoms with Crippen molar-refractivity contribution in [1.29, 1.82) is 0 Å². The zero-order chi connectivity index (χ0) is 31.6. The molecule has 0 aliphatic heterocycles. The van der Waals surface area contributed by atoms with Crippen LogP contribution in [0.1, 0.15) is 0 Å². The molecule has 2 heteroatoms. The second kappa shape index (κ2) is 10.6. The standard InChI is InChI=1S/C46H29NO/c1-3-15-36-30(11-1)23-24-34-27-32(25-26-38(34)36)31-13-9-14-35(28-31)47(42-20-10-22-45-46(42)41-19-7-8-21-44(41)48-45)43-29-33-12-2-4-16-37(33)39-17-5-6-18-40(39)43/h1-29H. The Bertz CT molecular complexity index is 2860. The molecule has 2 nitrogen and oxygen atoms in total. The van der Waals surface area contributed by atoms with Crippen LogP contribution in [-0.2, 0) is 0 Å². The van der Waals surface area contributed by atoms with E-state index in [1.54, 1.807) is 0 Å². The summed E-state index contributed by atoms with van der Waals surface area (Å²) in [5, 5.41) is 12.2. The molecule has 0 aliphatic carbocycles. The molecule has 0 bridgehead atoms. The van der Waals surface area contributed by atoms with Crippen molar-refractivity contribution in [1.82, 2.24) is 0 Å². The highest BCUT2D eigenvalue weighted by Crippen LogP contribution is 2.47. The molecule has 0 radical (unpaired) electrons. The molecule has 1 heterocycles. The molecule has 0 unspecified atom stereocenters. The van der Waals surface area contributed by atoms with E-state index in [4.69, 9.17) is 4.42 Å². The first-order chi connectivity index (χ1) is 23.8. The van der Waals surface area contributed by atoms with Gasteiger partial charge in [0.2, 0.25) is 0 Å². The van der Waals surface area contributed by atoms with Crippen LogP contribution in [0.2, 0.25) is 0 Å². The first-order valence-electron chi connectivity index (χ1n) is 16.4. The SMILES string of the molecule is c1cc(-c2ccc3c(ccc4ccccc43)c2)cc(N(c2cc3ccccc3c3ccccc23)c2cccc3oc4ccccc4c23)c1. The highest BCUT2D eigenvalue weighted by Gasteiger charge is 2.22. The van der Waals surface area contributed by atoms with Gasteiger partial charge in [0.15, 0.2) is 0 Å². The van der Waals surface area contributed by atoms with Gasteiger partial charge in [-0.05, 0) is 91.3 Å². The molecule has 0 spiro atoms. The molecule has 224 valence electrons. The summed E-state index contributed by atoms with van der Waals surface area (Å²) >= 11 is 0. The minimum atomic E-state index is 0.877. The number of anilines is 3. The molecule has 0 N–H and O–H groups in total. The summed E-state index contributed by atoms with van der Waals surface area (Å²) in [7, 11) is 0. The number of nitrogens with zero attached hydrogens (tertiary/aromatic N) is 1. The maximum Gasteiger partial charge on any atom is 0.137 e. The van der Waals surface area contributed by atoms with Gasteiger partial charge < -0.3 is 9.32 Å². The highest BCUT2D eigenvalue weighted by molar-refractivity contribution is 6.18. The van der Waals surface area contributed by atoms with Crippen LogP contribution >= 0.6 is 0 Å². The monoisotopic (exact) mass is 611 g/mol. The summed E-state index contributed by atoms with van der Waals surface area (Å²) in [4.78, 5) is 2.43. The predicted molar refractivity (Wildman–Crippen MR) is 204 cm³/mol. The first-order valence-corrected chi connectivity index (χ1v) is 16.4. The lowest BCUT2D eigenvalue weighted by molar-refractivity contribution is 0.669. The fourth-order valence-corrected chi connectivity index (χ4v) is 7.59. The Kier molecular flexibility index (Phi) is 5.91. The Morgan fingerprint density at radius 3 is 1.81 bits per heavy atom. The fraction of sp³-hybridized carbons (Fsp3) is 0. The zero-order valence-corrected chi connectivity index (χ0v) is 26.1. The van der Waals surface area contributed by atoms with E-state index in [0.717, 1.165) is 39.0 Å². The topological polar surface area (TPSA) is 16.4 Å². The van der Waals surface area contributed by atoms with Gasteiger partial charge in [0.05, 0.1) is 16.8 Å². The summed E-state index contributed by atoms with van der Waals surface area (Å²) in [5.74, 6) is 0. The Morgan fingerprint density at radius 1 is 0.333 bits per heavy atom. The van der Waals surface area contributed by atoms with Crippen LogP contribution in [0.4, 0.5) is 17.1 Å². The molecular formula is C46H29NO. The molecule has 10 rings (SSSR count). The van der Waals surface area contributed by atoms with Crippen molar-refractivity contribution in [3.8, 4) is 11.1 Å². The van der Waals surface area contributed by atoms with Crippen molar-refractivity contribution in [2.24, 2.45) is 0 Å². The van der Waals surface area contributed by atoms with Crippen LogP contribution in [0.3, 0.4) is 0 Å². The summed E-state index contributed by atoms with van der Waals surface area (Å²) < 4.78 is 6.41. The molecule has 48 heavy (non-hydrogen) atoms. The van der Waals surface area contributed by atoms with Crippen LogP contribution in [0.5, 0.6) is 0 Å². The number of hydrogen-bond donors (Lipinski definition) is 0. The van der Waals surface area contributed by atoms with Crippen LogP contribution in [0.15, 0.2) is 180 Å². The average Bonchev–Trinajstić information content (AvgIpc) is 3.54. The van der Waals surface area contributed by atoms with Gasteiger partial charge in [0, 0.05) is 16.5 Å². The molecule has 0 saturated heterocycles. The maximum absolute atomic E-state index is 6.41. The Labute approximate surface area is 277 Å². The fourth-order valence-electron chi connectivity index (χ4n) is 7.59. The van der Waals surface area contributed by atoms with E-state index < -0.39 is 0 Å². The van der Waals surface area contributed by atoms with E-state index in [-0.39, 0.29) is 0 Å². The smallest absolute Gasteiger partial charge is 0.137 e. The van der Waals surface area contributed by atoms with E-state index in [1.165, 1.54) is 54.2 Å². The van der Waals surface area contributed by atoms with E-state index in [0.29, 0.717) is 0 Å². The molecule has 0 fully saturated rings. The molecule has 9 aromatic carbocycles. The van der Waals surface area contributed by atoms with Crippen molar-refractivity contribution < 1.29 is 4.42 Å². The third-order valence-corrected chi connectivity index (χ3v) is 9.79. The Morgan fingerprint density at radius 2 is 0.938 bits per heavy atom. The van der Waals surface area contributed by atoms with Crippen LogP contribution in [-0.4, -0.2) is 0 Å². The molecule has 10 aromatic rings. The largest absolute Gasteiger partial charge is 0.456 e. The molecule has 0 atom stereocenters. The van der Waals surface area contributed by atoms with Gasteiger partial charge in [-0.3, -0.25) is 0 Å². The summed E-state index contributed by atoms with van der Waals surface area (Å²) in [6, 6.07) is 63.4. The van der Waals surface area contributed by atoms with Crippen molar-refractivity contribution in [3.63, 3.8) is 0 Å². The lowest BCUT2D eigenvalue weighted by atomic mass is 9.96. The highest BCUT2D eigenvalue weighted by atomic mass is 16.3. The molecule has 0 amide bonds.